The van der Waals surface area contributed by atoms with Crippen LogP contribution >= 0.6 is 11.6 Å². The summed E-state index contributed by atoms with van der Waals surface area (Å²) in [6.07, 6.45) is 6.72. The van der Waals surface area contributed by atoms with Crippen molar-refractivity contribution in [3.8, 4) is 11.5 Å². The monoisotopic (exact) mass is 342 g/mol. The number of imide groups is 1. The minimum atomic E-state index is -0.217. The molecule has 2 aromatic rings. The number of oxazole rings is 1. The first-order valence-electron chi connectivity index (χ1n) is 7.84. The maximum Gasteiger partial charge on any atom is 0.233 e. The molecule has 2 atom stereocenters. The van der Waals surface area contributed by atoms with Gasteiger partial charge in [0.15, 0.2) is 0 Å². The number of halogens is 1. The Morgan fingerprint density at radius 1 is 1.08 bits per heavy atom. The molecule has 2 amide bonds. The number of nitrogens with zero attached hydrogens (tertiary/aromatic N) is 2. The molecule has 0 spiro atoms. The van der Waals surface area contributed by atoms with E-state index >= 15 is 0 Å². The zero-order valence-electron chi connectivity index (χ0n) is 12.8. The van der Waals surface area contributed by atoms with Gasteiger partial charge in [0, 0.05) is 10.6 Å². The van der Waals surface area contributed by atoms with E-state index < -0.39 is 0 Å². The maximum atomic E-state index is 12.5. The van der Waals surface area contributed by atoms with Gasteiger partial charge in [-0.3, -0.25) is 14.5 Å². The Morgan fingerprint density at radius 3 is 2.33 bits per heavy atom. The highest BCUT2D eigenvalue weighted by atomic mass is 35.5. The lowest BCUT2D eigenvalue weighted by atomic mass is 9.85. The standard InChI is InChI=1S/C18H15ClN2O3/c19-12-7-5-11(6-8-12)16-20-13(10-24-16)9-21-17(22)14-3-1-2-4-15(14)18(21)23/h1-2,5-8,10,14-15H,3-4,9H2/t14-,15+. The van der Waals surface area contributed by atoms with Crippen LogP contribution in [0.25, 0.3) is 11.5 Å². The van der Waals surface area contributed by atoms with E-state index in [0.717, 1.165) is 5.56 Å². The Balaban J connectivity index is 1.53. The van der Waals surface area contributed by atoms with Gasteiger partial charge < -0.3 is 4.42 Å². The molecular formula is C18H15ClN2O3. The molecule has 0 saturated carbocycles. The number of carbonyl (C=O) groups is 2. The zero-order chi connectivity index (χ0) is 16.7. The first-order chi connectivity index (χ1) is 11.6. The molecule has 1 aliphatic carbocycles. The van der Waals surface area contributed by atoms with Crippen LogP contribution in [0.5, 0.6) is 0 Å². The summed E-state index contributed by atoms with van der Waals surface area (Å²) in [6, 6.07) is 7.13. The second kappa shape index (κ2) is 5.91. The molecule has 1 saturated heterocycles. The van der Waals surface area contributed by atoms with Gasteiger partial charge in [-0.1, -0.05) is 23.8 Å². The van der Waals surface area contributed by atoms with Gasteiger partial charge in [0.05, 0.1) is 24.1 Å². The van der Waals surface area contributed by atoms with Gasteiger partial charge in [-0.25, -0.2) is 4.98 Å². The number of likely N-dealkylation sites (tertiary alicyclic amines) is 1. The van der Waals surface area contributed by atoms with Crippen LogP contribution in [0.1, 0.15) is 18.5 Å². The van der Waals surface area contributed by atoms with E-state index in [2.05, 4.69) is 4.98 Å². The summed E-state index contributed by atoms with van der Waals surface area (Å²) in [4.78, 5) is 30.6. The van der Waals surface area contributed by atoms with Gasteiger partial charge >= 0.3 is 0 Å². The molecular weight excluding hydrogens is 328 g/mol. The molecule has 0 radical (unpaired) electrons. The smallest absolute Gasteiger partial charge is 0.233 e. The van der Waals surface area contributed by atoms with Gasteiger partial charge in [0.1, 0.15) is 6.26 Å². The number of fused-ring (bicyclic) bond motifs is 1. The quantitative estimate of drug-likeness (QED) is 0.633. The van der Waals surface area contributed by atoms with Crippen molar-refractivity contribution in [3.63, 3.8) is 0 Å². The molecule has 5 nitrogen and oxygen atoms in total. The number of benzene rings is 1. The van der Waals surface area contributed by atoms with E-state index in [1.54, 1.807) is 12.1 Å². The molecule has 2 heterocycles. The highest BCUT2D eigenvalue weighted by Gasteiger charge is 2.47. The Hall–Kier alpha value is -2.40. The lowest BCUT2D eigenvalue weighted by Crippen LogP contribution is -2.30. The topological polar surface area (TPSA) is 63.4 Å². The van der Waals surface area contributed by atoms with Crippen molar-refractivity contribution in [1.82, 2.24) is 9.88 Å². The number of rotatable bonds is 3. The molecule has 122 valence electrons. The van der Waals surface area contributed by atoms with Crippen molar-refractivity contribution >= 4 is 23.4 Å². The molecule has 1 fully saturated rings. The molecule has 24 heavy (non-hydrogen) atoms. The molecule has 0 unspecified atom stereocenters. The number of carbonyl (C=O) groups excluding carboxylic acids is 2. The van der Waals surface area contributed by atoms with Crippen molar-refractivity contribution in [2.24, 2.45) is 11.8 Å². The van der Waals surface area contributed by atoms with Crippen molar-refractivity contribution < 1.29 is 14.0 Å². The first-order valence-corrected chi connectivity index (χ1v) is 8.22. The molecule has 0 bridgehead atoms. The Morgan fingerprint density at radius 2 is 1.71 bits per heavy atom. The summed E-state index contributed by atoms with van der Waals surface area (Å²) in [5, 5.41) is 0.634. The van der Waals surface area contributed by atoms with E-state index in [9.17, 15) is 9.59 Å². The fraction of sp³-hybridized carbons (Fsp3) is 0.278. The fourth-order valence-electron chi connectivity index (χ4n) is 3.29. The van der Waals surface area contributed by atoms with Crippen LogP contribution in [0.3, 0.4) is 0 Å². The number of hydrogen-bond acceptors (Lipinski definition) is 4. The fourth-order valence-corrected chi connectivity index (χ4v) is 3.42. The van der Waals surface area contributed by atoms with E-state index in [4.69, 9.17) is 16.0 Å². The predicted octanol–water partition coefficient (Wildman–Crippen LogP) is 3.45. The molecule has 4 rings (SSSR count). The average Bonchev–Trinajstić information content (AvgIpc) is 3.16. The van der Waals surface area contributed by atoms with Crippen LogP contribution in [-0.2, 0) is 16.1 Å². The van der Waals surface area contributed by atoms with Crippen molar-refractivity contribution in [3.05, 3.63) is 53.4 Å². The third-order valence-electron chi connectivity index (χ3n) is 4.56. The van der Waals surface area contributed by atoms with Gasteiger partial charge in [-0.2, -0.15) is 0 Å². The number of aromatic nitrogens is 1. The Labute approximate surface area is 143 Å². The SMILES string of the molecule is O=C1[C@H]2CC=CC[C@H]2C(=O)N1Cc1coc(-c2ccc(Cl)cc2)n1. The molecule has 2 aliphatic rings. The van der Waals surface area contributed by atoms with Gasteiger partial charge in [-0.15, -0.1) is 0 Å². The normalized spacial score (nSPS) is 23.0. The Kier molecular flexibility index (Phi) is 3.73. The lowest BCUT2D eigenvalue weighted by Gasteiger charge is -2.14. The highest BCUT2D eigenvalue weighted by molar-refractivity contribution is 6.30. The minimum absolute atomic E-state index is 0.106. The maximum absolute atomic E-state index is 12.5. The summed E-state index contributed by atoms with van der Waals surface area (Å²) < 4.78 is 5.47. The van der Waals surface area contributed by atoms with Crippen molar-refractivity contribution in [2.75, 3.05) is 0 Å². The number of allylic oxidation sites excluding steroid dienone is 2. The third kappa shape index (κ3) is 2.55. The van der Waals surface area contributed by atoms with Crippen LogP contribution in [-0.4, -0.2) is 21.7 Å². The van der Waals surface area contributed by atoms with Gasteiger partial charge in [0.25, 0.3) is 0 Å². The van der Waals surface area contributed by atoms with Crippen LogP contribution in [0, 0.1) is 11.8 Å². The van der Waals surface area contributed by atoms with Crippen LogP contribution in [0.15, 0.2) is 47.1 Å². The molecule has 0 N–H and O–H groups in total. The van der Waals surface area contributed by atoms with Crippen molar-refractivity contribution in [2.45, 2.75) is 19.4 Å². The van der Waals surface area contributed by atoms with E-state index in [1.165, 1.54) is 11.2 Å². The third-order valence-corrected chi connectivity index (χ3v) is 4.81. The largest absolute Gasteiger partial charge is 0.444 e. The summed E-state index contributed by atoms with van der Waals surface area (Å²) in [5.74, 6) is -0.203. The van der Waals surface area contributed by atoms with E-state index in [0.29, 0.717) is 29.4 Å². The van der Waals surface area contributed by atoms with Crippen LogP contribution in [0.2, 0.25) is 5.02 Å². The van der Waals surface area contributed by atoms with E-state index in [1.807, 2.05) is 24.3 Å². The Bertz CT molecular complexity index is 799. The molecule has 1 aromatic heterocycles. The van der Waals surface area contributed by atoms with E-state index in [-0.39, 0.29) is 30.2 Å². The second-order valence-electron chi connectivity index (χ2n) is 6.07. The average molecular weight is 343 g/mol. The summed E-state index contributed by atoms with van der Waals surface area (Å²) >= 11 is 5.87. The zero-order valence-corrected chi connectivity index (χ0v) is 13.6. The number of amides is 2. The molecule has 6 heteroatoms. The van der Waals surface area contributed by atoms with Crippen LogP contribution in [0.4, 0.5) is 0 Å². The summed E-state index contributed by atoms with van der Waals surface area (Å²) in [5.41, 5.74) is 1.36. The lowest BCUT2D eigenvalue weighted by molar-refractivity contribution is -0.140. The minimum Gasteiger partial charge on any atom is -0.444 e. The number of hydrogen-bond donors (Lipinski definition) is 0. The van der Waals surface area contributed by atoms with Gasteiger partial charge in [0.2, 0.25) is 17.7 Å². The molecule has 1 aliphatic heterocycles. The molecule has 1 aromatic carbocycles. The van der Waals surface area contributed by atoms with Crippen LogP contribution < -0.4 is 0 Å². The van der Waals surface area contributed by atoms with Gasteiger partial charge in [-0.05, 0) is 37.1 Å². The first kappa shape index (κ1) is 15.1. The summed E-state index contributed by atoms with van der Waals surface area (Å²) in [6.45, 7) is 0.155. The van der Waals surface area contributed by atoms with Crippen molar-refractivity contribution in [1.29, 1.82) is 0 Å². The summed E-state index contributed by atoms with van der Waals surface area (Å²) in [7, 11) is 0. The second-order valence-corrected chi connectivity index (χ2v) is 6.51. The predicted molar refractivity (Wildman–Crippen MR) is 87.9 cm³/mol. The highest BCUT2D eigenvalue weighted by Crippen LogP contribution is 2.35.